The van der Waals surface area contributed by atoms with Crippen molar-refractivity contribution < 1.29 is 76.0 Å². The fourth-order valence-electron chi connectivity index (χ4n) is 14.2. The fourth-order valence-corrected chi connectivity index (χ4v) is 1060. The maximum absolute atomic E-state index is 13.8. The van der Waals surface area contributed by atoms with Crippen LogP contribution in [0.25, 0.3) is 44.6 Å². The van der Waals surface area contributed by atoms with Crippen LogP contribution < -0.4 is 40.7 Å². The molecule has 6 aromatic rings. The summed E-state index contributed by atoms with van der Waals surface area (Å²) in [5.74, 6) is -4.29. The number of carbonyl (C=O) groups excluding carboxylic acids is 8. The molecule has 0 fully saturated rings. The summed E-state index contributed by atoms with van der Waals surface area (Å²) < 4.78 is 19.2. The van der Waals surface area contributed by atoms with Gasteiger partial charge in [-0.2, -0.15) is 0 Å². The van der Waals surface area contributed by atoms with Crippen LogP contribution in [0.4, 0.5) is 5.69 Å². The van der Waals surface area contributed by atoms with E-state index in [0.29, 0.717) is 54.6 Å². The van der Waals surface area contributed by atoms with Crippen molar-refractivity contribution in [3.05, 3.63) is 130 Å². The van der Waals surface area contributed by atoms with Gasteiger partial charge in [0, 0.05) is 95.6 Å². The molecule has 4 aromatic heterocycles. The molecule has 102 heavy (non-hydrogen) atoms. The molecule has 0 unspecified atom stereocenters. The number of nitrogens with zero attached hydrogens (tertiary/aromatic N) is 5. The van der Waals surface area contributed by atoms with E-state index in [1.54, 1.807) is 42.0 Å². The number of Topliss-reactive ketones (excluding diaryl/α,β-unsaturated/α-hetero) is 2. The van der Waals surface area contributed by atoms with Gasteiger partial charge in [0.2, 0.25) is 11.8 Å². The minimum atomic E-state index is -1.92. The second-order valence-electron chi connectivity index (χ2n) is 25.7. The molecule has 7 aliphatic rings. The Labute approximate surface area is 669 Å². The summed E-state index contributed by atoms with van der Waals surface area (Å²) in [6.07, 6.45) is 7.77. The van der Waals surface area contributed by atoms with Crippen LogP contribution in [-0.4, -0.2) is 114 Å². The molecule has 0 saturated carbocycles. The number of anilines is 1. The number of cyclic esters (lactones) is 2. The third-order valence-electron chi connectivity index (χ3n) is 19.6. The van der Waals surface area contributed by atoms with Crippen LogP contribution in [0, 0.1) is 11.8 Å². The van der Waals surface area contributed by atoms with Crippen molar-refractivity contribution in [1.29, 1.82) is 0 Å². The Bertz CT molecular complexity index is 4610. The van der Waals surface area contributed by atoms with Gasteiger partial charge >= 0.3 is 168 Å². The molecule has 6 N–H and O–H groups in total. The molecular weight excluding hydrogens is 2560 g/mol. The van der Waals surface area contributed by atoms with E-state index < -0.39 is 46.9 Å². The van der Waals surface area contributed by atoms with Gasteiger partial charge in [0.05, 0.1) is 77.3 Å². The van der Waals surface area contributed by atoms with Crippen molar-refractivity contribution in [3.8, 4) is 22.8 Å². The number of halogens is 11. The zero-order valence-corrected chi connectivity index (χ0v) is 79.4. The Morgan fingerprint density at radius 1 is 0.696 bits per heavy atom. The van der Waals surface area contributed by atoms with Gasteiger partial charge in [0.1, 0.15) is 19.0 Å². The van der Waals surface area contributed by atoms with E-state index in [0.717, 1.165) is 122 Å². The molecule has 2 aliphatic carbocycles. The zero-order chi connectivity index (χ0) is 73.5. The second kappa shape index (κ2) is 35.1. The van der Waals surface area contributed by atoms with Crippen molar-refractivity contribution >= 4 is 218 Å². The van der Waals surface area contributed by atoms with E-state index >= 15 is 0 Å². The van der Waals surface area contributed by atoms with E-state index in [4.69, 9.17) is 29.9 Å². The SMILES string of the molecule is CC[C@@]1(O)C(=O)OCc2c1cc1n(c2=O)Cc2c-1nc1ccc(CC(=O)[C@H](C)NC(=O)[C@@H](CC(=O)CCOCCNC(=O)CCN3C(=O)C=CC3=O)C(C)C)c3c1c2CCC3.CC[C@@]1(O)C(=O)OCc2c1cc1n(c2=O)Cc2c-1nc1ccc(N)c3c1c2CCC3.I[I-]I(I)I(I)I(I)I(I)I. The van der Waals surface area contributed by atoms with Crippen molar-refractivity contribution in [2.45, 2.75) is 155 Å². The number of esters is 2. The van der Waals surface area contributed by atoms with E-state index in [1.807, 2.05) is 38.1 Å². The summed E-state index contributed by atoms with van der Waals surface area (Å²) in [4.78, 5) is 138. The summed E-state index contributed by atoms with van der Waals surface area (Å²) in [5.41, 5.74) is 15.4. The van der Waals surface area contributed by atoms with Gasteiger partial charge < -0.3 is 49.9 Å². The Morgan fingerprint density at radius 2 is 1.22 bits per heavy atom. The molecule has 4 atom stereocenters. The number of aryl methyl sites for hydroxylation is 4. The normalized spacial score (nSPS) is 19.0. The number of pyridine rings is 4. The van der Waals surface area contributed by atoms with Crippen molar-refractivity contribution in [2.24, 2.45) is 11.8 Å². The number of ketones is 2. The van der Waals surface area contributed by atoms with E-state index in [1.165, 1.54) is 5.56 Å². The van der Waals surface area contributed by atoms with Gasteiger partial charge in [-0.25, -0.2) is 19.6 Å². The number of aromatic nitrogens is 4. The van der Waals surface area contributed by atoms with Crippen LogP contribution in [0.3, 0.4) is 0 Å². The number of carbonyl (C=O) groups is 8. The monoisotopic (exact) mass is 2640 g/mol. The number of rotatable bonds is 23. The number of hydrogen-bond acceptors (Lipinski definition) is 18. The topological polar surface area (TPSA) is 328 Å². The van der Waals surface area contributed by atoms with Crippen LogP contribution in [0.15, 0.2) is 58.1 Å². The molecule has 23 nitrogen and oxygen atoms in total. The van der Waals surface area contributed by atoms with Gasteiger partial charge in [-0.05, 0) is 122 Å². The zero-order valence-electron chi connectivity index (χ0n) is 55.7. The molecular formula is C68H72I11N8O15-. The first-order valence-electron chi connectivity index (χ1n) is 32.8. The predicted molar refractivity (Wildman–Crippen MR) is 471 cm³/mol. The maximum atomic E-state index is 13.8. The third kappa shape index (κ3) is 16.8. The average Bonchev–Trinajstić information content (AvgIpc) is 1.55. The van der Waals surface area contributed by atoms with Crippen molar-refractivity contribution in [3.63, 3.8) is 0 Å². The summed E-state index contributed by atoms with van der Waals surface area (Å²) in [7, 11) is -1.16. The third-order valence-corrected chi connectivity index (χ3v) is 598. The second-order valence-corrected chi connectivity index (χ2v) is 237. The number of aliphatic hydroxyl groups is 2. The molecule has 9 heterocycles. The number of fused-ring (bicyclic) bond motifs is 10. The van der Waals surface area contributed by atoms with E-state index in [2.05, 4.69) is 122 Å². The van der Waals surface area contributed by atoms with Crippen LogP contribution in [0.5, 0.6) is 0 Å². The Hall–Kier alpha value is -1.03. The van der Waals surface area contributed by atoms with Crippen LogP contribution in [0.2, 0.25) is 0 Å². The molecule has 13 rings (SSSR count). The minimum absolute atomic E-state index is 0.0174. The number of benzene rings is 2. The predicted octanol–water partition coefficient (Wildman–Crippen LogP) is 10.3. The molecule has 34 heteroatoms. The average molecular weight is 2640 g/mol. The standard InChI is InChI=1S/C45H51N5O11.C23H21N3O4.I11/c1-5-45(59)33-21-35-41-31(22-50(35)43(57)32(33)23-61-44(45)58)29-8-6-7-28-26(9-10-34(48-41)40(28)29)19-36(52)25(4)47-42(56)30(24(2)3)20-27(51)14-17-60-18-15-46-37(53)13-16-49-38(54)11-12-39(49)55;1-2-23(29)15-8-18-20-13(9-26(18)21(27)14(15)10-30-22(23)28)11-4-3-5-12-16(24)6-7-17(25-20)19(11)12;1-7-9(4)11(6)10(5)8(2)3/h9-12,21,24-25,30,59H,5-8,13-20,22-23H2,1-4H3,(H,46,53)(H,47,56);6-8,29H,2-5,9-10,24H2,1H3;/q;;-1/t25-,30-,45-;23-;/m00./s1. The molecule has 552 valence electrons. The number of ether oxygens (including phenoxy) is 3. The molecule has 5 aliphatic heterocycles. The van der Waals surface area contributed by atoms with Gasteiger partial charge in [0.15, 0.2) is 17.0 Å². The number of nitrogens with two attached hydrogens (primary N) is 1. The summed E-state index contributed by atoms with van der Waals surface area (Å²) in [5, 5.41) is 29.8. The van der Waals surface area contributed by atoms with Crippen LogP contribution in [-0.2, 0) is 122 Å². The van der Waals surface area contributed by atoms with Gasteiger partial charge in [0.25, 0.3) is 22.9 Å². The van der Waals surface area contributed by atoms with Crippen LogP contribution in [0.1, 0.15) is 141 Å². The van der Waals surface area contributed by atoms with Crippen LogP contribution >= 0.6 is 143 Å². The summed E-state index contributed by atoms with van der Waals surface area (Å²) >= 11 is 17.8. The van der Waals surface area contributed by atoms with Gasteiger partial charge in [-0.3, -0.25) is 43.3 Å². The Kier molecular flexibility index (Phi) is 28.2. The van der Waals surface area contributed by atoms with Crippen molar-refractivity contribution in [1.82, 2.24) is 34.6 Å². The van der Waals surface area contributed by atoms with Gasteiger partial charge in [-0.1, -0.05) is 33.8 Å². The molecule has 0 bridgehead atoms. The number of amides is 4. The van der Waals surface area contributed by atoms with Gasteiger partial charge in [-0.15, -0.1) is 0 Å². The number of nitrogen functional groups attached to an aromatic ring is 1. The fraction of sp³-hybridized carbons (Fsp3) is 0.441. The number of nitrogens with one attached hydrogen (secondary N) is 2. The van der Waals surface area contributed by atoms with Crippen molar-refractivity contribution in [2.75, 3.05) is 32.0 Å². The Morgan fingerprint density at radius 3 is 1.74 bits per heavy atom. The molecule has 4 amide bonds. The first kappa shape index (κ1) is 81.9. The Balaban J connectivity index is 0.000000208. The summed E-state index contributed by atoms with van der Waals surface area (Å²) in [6.45, 7) is 9.53. The quantitative estimate of drug-likeness (QED) is 0.0131. The first-order valence-corrected chi connectivity index (χ1v) is 95.6. The number of imide groups is 1. The molecule has 0 saturated heterocycles. The number of hydrogen-bond donors (Lipinski definition) is 5. The van der Waals surface area contributed by atoms with E-state index in [9.17, 15) is 58.2 Å². The van der Waals surface area contributed by atoms with E-state index in [-0.39, 0.29) is 161 Å². The first-order chi connectivity index (χ1) is 48.6. The molecule has 0 radical (unpaired) electrons. The molecule has 2 aromatic carbocycles. The summed E-state index contributed by atoms with van der Waals surface area (Å²) in [6, 6.07) is 10.3. The molecule has 0 spiro atoms.